The Morgan fingerprint density at radius 1 is 1.29 bits per heavy atom. The number of nitrogens with zero attached hydrogens (tertiary/aromatic N) is 2. The molecule has 9 heteroatoms. The number of nitriles is 1. The second-order valence-electron chi connectivity index (χ2n) is 10.1. The van der Waals surface area contributed by atoms with Gasteiger partial charge in [-0.1, -0.05) is 11.6 Å². The third kappa shape index (κ3) is 4.84. The maximum absolute atomic E-state index is 11.9. The van der Waals surface area contributed by atoms with Gasteiger partial charge >= 0.3 is 0 Å². The zero-order chi connectivity index (χ0) is 22.4. The van der Waals surface area contributed by atoms with Crippen molar-refractivity contribution < 1.29 is 13.2 Å². The highest BCUT2D eigenvalue weighted by molar-refractivity contribution is 7.89. The maximum atomic E-state index is 11.9. The summed E-state index contributed by atoms with van der Waals surface area (Å²) in [5.41, 5.74) is -1.05. The van der Waals surface area contributed by atoms with Crippen molar-refractivity contribution in [1.82, 2.24) is 5.32 Å². The number of benzene rings is 1. The fourth-order valence-corrected chi connectivity index (χ4v) is 7.76. The fraction of sp³-hybridized carbons (Fsp3) is 0.636. The second-order valence-corrected chi connectivity index (χ2v) is 12.1. The summed E-state index contributed by atoms with van der Waals surface area (Å²) in [5, 5.41) is 18.9. The SMILES string of the molecule is CC(C)(Oc1ccc(Cl)cc1)/C(=N\C#N)NC1C2CC3CC1CC(CS(N)(=O)=O)(C3)C2. The average Bonchev–Trinajstić information content (AvgIpc) is 2.63. The van der Waals surface area contributed by atoms with E-state index in [-0.39, 0.29) is 17.2 Å². The van der Waals surface area contributed by atoms with E-state index in [1.165, 1.54) is 0 Å². The van der Waals surface area contributed by atoms with E-state index < -0.39 is 15.6 Å². The molecule has 0 aromatic heterocycles. The Bertz CT molecular complexity index is 1000. The van der Waals surface area contributed by atoms with Crippen molar-refractivity contribution in [3.8, 4) is 11.9 Å². The Kier molecular flexibility index (Phi) is 5.74. The van der Waals surface area contributed by atoms with Crippen LogP contribution in [0.15, 0.2) is 29.3 Å². The lowest BCUT2D eigenvalue weighted by Crippen LogP contribution is -2.63. The van der Waals surface area contributed by atoms with Crippen LogP contribution in [0, 0.1) is 34.6 Å². The minimum Gasteiger partial charge on any atom is -0.480 e. The molecule has 5 rings (SSSR count). The van der Waals surface area contributed by atoms with Crippen LogP contribution in [0.2, 0.25) is 5.02 Å². The van der Waals surface area contributed by atoms with E-state index in [2.05, 4.69) is 10.3 Å². The molecule has 4 fully saturated rings. The molecule has 1 aromatic carbocycles. The standard InChI is InChI=1S/C22H29ClN4O3S/c1-21(2,30-18-5-3-17(23)4-6-18)20(26-13-24)27-19-15-7-14-8-16(19)11-22(9-14,10-15)12-31(25,28)29/h3-6,14-16,19H,7-12H2,1-2H3,(H,26,27)(H2,25,28,29). The molecule has 0 spiro atoms. The van der Waals surface area contributed by atoms with Gasteiger partial charge in [0.05, 0.1) is 5.75 Å². The molecule has 4 aliphatic rings. The van der Waals surface area contributed by atoms with Crippen LogP contribution in [0.4, 0.5) is 0 Å². The fourth-order valence-electron chi connectivity index (χ4n) is 6.43. The average molecular weight is 465 g/mol. The van der Waals surface area contributed by atoms with Gasteiger partial charge in [-0.25, -0.2) is 13.6 Å². The first kappa shape index (κ1) is 22.4. The van der Waals surface area contributed by atoms with Gasteiger partial charge in [0.25, 0.3) is 0 Å². The number of hydrogen-bond donors (Lipinski definition) is 2. The topological polar surface area (TPSA) is 118 Å². The van der Waals surface area contributed by atoms with Gasteiger partial charge in [-0.05, 0) is 93.4 Å². The van der Waals surface area contributed by atoms with Crippen molar-refractivity contribution >= 4 is 27.5 Å². The first-order valence-electron chi connectivity index (χ1n) is 10.7. The lowest BCUT2D eigenvalue weighted by molar-refractivity contribution is -0.0605. The zero-order valence-corrected chi connectivity index (χ0v) is 19.4. The van der Waals surface area contributed by atoms with E-state index in [4.69, 9.17) is 21.5 Å². The minimum atomic E-state index is -3.51. The molecule has 31 heavy (non-hydrogen) atoms. The third-order valence-corrected chi connectivity index (χ3v) is 8.40. The summed E-state index contributed by atoms with van der Waals surface area (Å²) < 4.78 is 29.9. The summed E-state index contributed by atoms with van der Waals surface area (Å²) >= 11 is 5.96. The van der Waals surface area contributed by atoms with Gasteiger partial charge in [0.2, 0.25) is 16.2 Å². The van der Waals surface area contributed by atoms with Crippen LogP contribution in [0.1, 0.15) is 46.0 Å². The maximum Gasteiger partial charge on any atom is 0.209 e. The Hall–Kier alpha value is -1.82. The van der Waals surface area contributed by atoms with Crippen LogP contribution in [-0.4, -0.2) is 31.6 Å². The molecule has 0 saturated heterocycles. The summed E-state index contributed by atoms with van der Waals surface area (Å²) in [7, 11) is -3.51. The molecule has 4 saturated carbocycles. The molecule has 0 aliphatic heterocycles. The van der Waals surface area contributed by atoms with E-state index in [1.54, 1.807) is 24.3 Å². The monoisotopic (exact) mass is 464 g/mol. The number of ether oxygens (including phenoxy) is 1. The number of primary sulfonamides is 1. The van der Waals surface area contributed by atoms with E-state index in [9.17, 15) is 13.7 Å². The molecular weight excluding hydrogens is 436 g/mol. The van der Waals surface area contributed by atoms with Crippen molar-refractivity contribution in [2.75, 3.05) is 5.75 Å². The van der Waals surface area contributed by atoms with Crippen molar-refractivity contribution in [3.05, 3.63) is 29.3 Å². The van der Waals surface area contributed by atoms with Crippen LogP contribution in [-0.2, 0) is 10.0 Å². The number of halogens is 1. The molecule has 0 radical (unpaired) electrons. The third-order valence-electron chi connectivity index (χ3n) is 7.13. The van der Waals surface area contributed by atoms with Crippen molar-refractivity contribution in [1.29, 1.82) is 5.26 Å². The minimum absolute atomic E-state index is 0.0700. The Balaban J connectivity index is 1.52. The molecule has 4 aliphatic carbocycles. The van der Waals surface area contributed by atoms with Crippen molar-refractivity contribution in [2.24, 2.45) is 33.3 Å². The van der Waals surface area contributed by atoms with Crippen LogP contribution in [0.5, 0.6) is 5.75 Å². The van der Waals surface area contributed by atoms with Gasteiger partial charge in [0, 0.05) is 11.1 Å². The Labute approximate surface area is 189 Å². The predicted molar refractivity (Wildman–Crippen MR) is 120 cm³/mol. The quantitative estimate of drug-likeness (QED) is 0.379. The van der Waals surface area contributed by atoms with Gasteiger partial charge in [-0.2, -0.15) is 10.3 Å². The number of aliphatic imine (C=N–C) groups is 1. The van der Waals surface area contributed by atoms with E-state index in [0.717, 1.165) is 32.1 Å². The van der Waals surface area contributed by atoms with Gasteiger partial charge in [0.1, 0.15) is 5.75 Å². The smallest absolute Gasteiger partial charge is 0.209 e. The van der Waals surface area contributed by atoms with Crippen molar-refractivity contribution in [2.45, 2.75) is 57.6 Å². The van der Waals surface area contributed by atoms with Crippen LogP contribution in [0.3, 0.4) is 0 Å². The van der Waals surface area contributed by atoms with Gasteiger partial charge in [-0.15, -0.1) is 0 Å². The molecule has 2 atom stereocenters. The Morgan fingerprint density at radius 3 is 2.45 bits per heavy atom. The van der Waals surface area contributed by atoms with E-state index >= 15 is 0 Å². The van der Waals surface area contributed by atoms with E-state index in [0.29, 0.717) is 34.4 Å². The summed E-state index contributed by atoms with van der Waals surface area (Å²) in [6.07, 6.45) is 6.68. The number of nitrogens with one attached hydrogen (secondary N) is 1. The molecule has 7 nitrogen and oxygen atoms in total. The van der Waals surface area contributed by atoms with Gasteiger partial charge in [0.15, 0.2) is 11.4 Å². The van der Waals surface area contributed by atoms with Gasteiger partial charge in [-0.3, -0.25) is 0 Å². The molecule has 168 valence electrons. The molecule has 3 N–H and O–H groups in total. The number of hydrogen-bond acceptors (Lipinski definition) is 5. The zero-order valence-electron chi connectivity index (χ0n) is 17.8. The van der Waals surface area contributed by atoms with Gasteiger partial charge < -0.3 is 10.1 Å². The van der Waals surface area contributed by atoms with Crippen LogP contribution in [0.25, 0.3) is 0 Å². The normalized spacial score (nSPS) is 32.5. The molecular formula is C22H29ClN4O3S. The second kappa shape index (κ2) is 7.95. The summed E-state index contributed by atoms with van der Waals surface area (Å²) in [6, 6.07) is 7.22. The first-order valence-corrected chi connectivity index (χ1v) is 12.8. The van der Waals surface area contributed by atoms with Crippen LogP contribution >= 0.6 is 11.6 Å². The molecule has 1 aromatic rings. The number of amidine groups is 1. The molecule has 4 bridgehead atoms. The highest BCUT2D eigenvalue weighted by Crippen LogP contribution is 2.60. The molecule has 0 heterocycles. The molecule has 0 amide bonds. The molecule has 2 unspecified atom stereocenters. The Morgan fingerprint density at radius 2 is 1.90 bits per heavy atom. The summed E-state index contributed by atoms with van der Waals surface area (Å²) in [6.45, 7) is 3.76. The van der Waals surface area contributed by atoms with Crippen molar-refractivity contribution in [3.63, 3.8) is 0 Å². The predicted octanol–water partition coefficient (Wildman–Crippen LogP) is 3.45. The summed E-state index contributed by atoms with van der Waals surface area (Å²) in [4.78, 5) is 4.08. The van der Waals surface area contributed by atoms with E-state index in [1.807, 2.05) is 20.0 Å². The highest BCUT2D eigenvalue weighted by atomic mass is 35.5. The van der Waals surface area contributed by atoms with Crippen LogP contribution < -0.4 is 15.2 Å². The first-order chi connectivity index (χ1) is 14.5. The number of nitrogens with two attached hydrogens (primary N) is 1. The highest BCUT2D eigenvalue weighted by Gasteiger charge is 2.56. The summed E-state index contributed by atoms with van der Waals surface area (Å²) in [5.74, 6) is 2.42. The largest absolute Gasteiger partial charge is 0.480 e. The lowest BCUT2D eigenvalue weighted by Gasteiger charge is -2.60. The number of sulfonamides is 1. The lowest BCUT2D eigenvalue weighted by atomic mass is 9.48. The number of rotatable bonds is 6.